The summed E-state index contributed by atoms with van der Waals surface area (Å²) >= 11 is 5.48. The van der Waals surface area contributed by atoms with E-state index in [4.69, 9.17) is 11.6 Å². The second-order valence-corrected chi connectivity index (χ2v) is 5.96. The summed E-state index contributed by atoms with van der Waals surface area (Å²) < 4.78 is 3.92. The summed E-state index contributed by atoms with van der Waals surface area (Å²) in [6.45, 7) is 0.323. The number of carbonyl (C=O) groups excluding carboxylic acids is 1. The lowest BCUT2D eigenvalue weighted by atomic mass is 10.2. The second-order valence-electron chi connectivity index (χ2n) is 5.69. The lowest BCUT2D eigenvalue weighted by molar-refractivity contribution is -0.118. The number of alkyl halides is 1. The van der Waals surface area contributed by atoms with Gasteiger partial charge in [-0.15, -0.1) is 11.6 Å². The van der Waals surface area contributed by atoms with Crippen LogP contribution in [-0.4, -0.2) is 30.5 Å². The molecule has 2 N–H and O–H groups in total. The maximum absolute atomic E-state index is 12.7. The number of fused-ring (bicyclic) bond motifs is 1. The predicted octanol–water partition coefficient (Wildman–Crippen LogP) is 0.164. The number of halogens is 1. The van der Waals surface area contributed by atoms with Crippen molar-refractivity contribution in [2.45, 2.75) is 6.54 Å². The van der Waals surface area contributed by atoms with Gasteiger partial charge in [-0.05, 0) is 5.56 Å². The molecule has 1 aromatic carbocycles. The highest BCUT2D eigenvalue weighted by Crippen LogP contribution is 2.17. The van der Waals surface area contributed by atoms with Crippen LogP contribution in [0, 0.1) is 0 Å². The molecule has 26 heavy (non-hydrogen) atoms. The number of anilines is 1. The van der Waals surface area contributed by atoms with Crippen molar-refractivity contribution in [2.24, 2.45) is 14.1 Å². The summed E-state index contributed by atoms with van der Waals surface area (Å²) in [5, 5.41) is 0. The Hall–Kier alpha value is -3.07. The third-order valence-electron chi connectivity index (χ3n) is 3.97. The Labute approximate surface area is 152 Å². The smallest absolute Gasteiger partial charge is 0.298 e. The molecule has 0 atom stereocenters. The Bertz CT molecular complexity index is 1080. The number of amides is 1. The van der Waals surface area contributed by atoms with Crippen LogP contribution in [0.1, 0.15) is 5.56 Å². The monoisotopic (exact) mass is 376 g/mol. The zero-order chi connectivity index (χ0) is 18.8. The van der Waals surface area contributed by atoms with Crippen molar-refractivity contribution in [1.82, 2.24) is 24.1 Å². The van der Waals surface area contributed by atoms with Crippen molar-refractivity contribution >= 4 is 34.6 Å². The Morgan fingerprint density at radius 2 is 1.85 bits per heavy atom. The molecule has 10 heteroatoms. The molecule has 0 aliphatic heterocycles. The quantitative estimate of drug-likeness (QED) is 0.488. The van der Waals surface area contributed by atoms with Gasteiger partial charge in [-0.1, -0.05) is 30.3 Å². The van der Waals surface area contributed by atoms with Crippen molar-refractivity contribution in [2.75, 3.05) is 11.3 Å². The predicted molar refractivity (Wildman–Crippen MR) is 98.2 cm³/mol. The van der Waals surface area contributed by atoms with Gasteiger partial charge in [-0.25, -0.2) is 4.79 Å². The van der Waals surface area contributed by atoms with E-state index in [1.807, 2.05) is 30.3 Å². The van der Waals surface area contributed by atoms with Gasteiger partial charge in [-0.3, -0.25) is 34.1 Å². The number of hydrogen-bond donors (Lipinski definition) is 2. The number of benzene rings is 1. The number of carbonyl (C=O) groups is 1. The molecule has 9 nitrogen and oxygen atoms in total. The van der Waals surface area contributed by atoms with E-state index < -0.39 is 17.2 Å². The Morgan fingerprint density at radius 3 is 2.50 bits per heavy atom. The molecule has 0 aliphatic rings. The van der Waals surface area contributed by atoms with Gasteiger partial charge >= 0.3 is 5.69 Å². The van der Waals surface area contributed by atoms with E-state index in [0.29, 0.717) is 6.54 Å². The first-order chi connectivity index (χ1) is 12.4. The molecule has 0 spiro atoms. The molecule has 1 amide bonds. The number of nitrogens with one attached hydrogen (secondary N) is 2. The molecule has 3 aromatic rings. The zero-order valence-electron chi connectivity index (χ0n) is 14.2. The lowest BCUT2D eigenvalue weighted by Gasteiger charge is -2.11. The topological polar surface area (TPSA) is 103 Å². The standard InChI is InChI=1S/C16H17ClN6O3/c1-21-13-12(14(25)22(2)16(21)26)23(9-10-6-4-3-5-7-10)15(18-13)20-19-11(24)8-17/h3-7H,8-9H2,1-2H3,(H,18,20)(H,19,24). The highest BCUT2D eigenvalue weighted by atomic mass is 35.5. The van der Waals surface area contributed by atoms with Gasteiger partial charge in [0.2, 0.25) is 5.95 Å². The van der Waals surface area contributed by atoms with Gasteiger partial charge in [0.05, 0.1) is 6.54 Å². The highest BCUT2D eigenvalue weighted by molar-refractivity contribution is 6.27. The second kappa shape index (κ2) is 7.04. The fourth-order valence-corrected chi connectivity index (χ4v) is 2.69. The molecule has 3 rings (SSSR count). The summed E-state index contributed by atoms with van der Waals surface area (Å²) in [5.74, 6) is -0.459. The SMILES string of the molecule is Cn1c(=O)c2c(nc(NNC(=O)CCl)n2Cc2ccccc2)n(C)c1=O. The average Bonchev–Trinajstić information content (AvgIpc) is 3.02. The minimum Gasteiger partial charge on any atom is -0.298 e. The Morgan fingerprint density at radius 1 is 1.15 bits per heavy atom. The molecule has 0 unspecified atom stereocenters. The molecule has 0 aliphatic carbocycles. The number of imidazole rings is 1. The number of nitrogens with zero attached hydrogens (tertiary/aromatic N) is 4. The molecular formula is C16H17ClN6O3. The molecule has 0 saturated carbocycles. The largest absolute Gasteiger partial charge is 0.332 e. The minimum absolute atomic E-state index is 0.219. The van der Waals surface area contributed by atoms with E-state index in [9.17, 15) is 14.4 Å². The van der Waals surface area contributed by atoms with Crippen LogP contribution in [0.3, 0.4) is 0 Å². The van der Waals surface area contributed by atoms with Crippen LogP contribution >= 0.6 is 11.6 Å². The van der Waals surface area contributed by atoms with Crippen LogP contribution in [0.25, 0.3) is 11.2 Å². The maximum Gasteiger partial charge on any atom is 0.332 e. The average molecular weight is 377 g/mol. The third kappa shape index (κ3) is 3.08. The molecule has 0 bridgehead atoms. The number of hydrogen-bond acceptors (Lipinski definition) is 5. The van der Waals surface area contributed by atoms with Crippen LogP contribution in [0.5, 0.6) is 0 Å². The van der Waals surface area contributed by atoms with Gasteiger partial charge in [0.1, 0.15) is 5.88 Å². The fourth-order valence-electron chi connectivity index (χ4n) is 2.62. The molecular weight excluding hydrogens is 360 g/mol. The van der Waals surface area contributed by atoms with Crippen LogP contribution in [-0.2, 0) is 25.4 Å². The number of aromatic nitrogens is 4. The summed E-state index contributed by atoms with van der Waals surface area (Å²) in [6.07, 6.45) is 0. The van der Waals surface area contributed by atoms with E-state index in [1.54, 1.807) is 4.57 Å². The molecule has 0 fully saturated rings. The number of hydrazine groups is 1. The zero-order valence-corrected chi connectivity index (χ0v) is 14.9. The summed E-state index contributed by atoms with van der Waals surface area (Å²) in [7, 11) is 2.94. The maximum atomic E-state index is 12.7. The van der Waals surface area contributed by atoms with E-state index in [2.05, 4.69) is 15.8 Å². The van der Waals surface area contributed by atoms with Gasteiger partial charge in [0, 0.05) is 14.1 Å². The first-order valence-corrected chi connectivity index (χ1v) is 8.28. The van der Waals surface area contributed by atoms with Gasteiger partial charge in [0.15, 0.2) is 11.2 Å². The van der Waals surface area contributed by atoms with Crippen LogP contribution in [0.4, 0.5) is 5.95 Å². The number of aryl methyl sites for hydroxylation is 1. The van der Waals surface area contributed by atoms with E-state index in [-0.39, 0.29) is 23.0 Å². The Kier molecular flexibility index (Phi) is 4.81. The first-order valence-electron chi connectivity index (χ1n) is 7.75. The molecule has 2 aromatic heterocycles. The van der Waals surface area contributed by atoms with E-state index in [1.165, 1.54) is 18.7 Å². The normalized spacial score (nSPS) is 10.9. The summed E-state index contributed by atoms with van der Waals surface area (Å²) in [5.41, 5.74) is 5.52. The number of rotatable bonds is 5. The van der Waals surface area contributed by atoms with Crippen molar-refractivity contribution in [1.29, 1.82) is 0 Å². The van der Waals surface area contributed by atoms with Crippen molar-refractivity contribution in [3.63, 3.8) is 0 Å². The van der Waals surface area contributed by atoms with Gasteiger partial charge in [0.25, 0.3) is 11.5 Å². The highest BCUT2D eigenvalue weighted by Gasteiger charge is 2.19. The molecule has 2 heterocycles. The molecule has 0 saturated heterocycles. The van der Waals surface area contributed by atoms with Crippen LogP contribution < -0.4 is 22.1 Å². The first kappa shape index (κ1) is 17.7. The Balaban J connectivity index is 2.21. The van der Waals surface area contributed by atoms with E-state index >= 15 is 0 Å². The lowest BCUT2D eigenvalue weighted by Crippen LogP contribution is -2.37. The van der Waals surface area contributed by atoms with Gasteiger partial charge in [-0.2, -0.15) is 4.98 Å². The van der Waals surface area contributed by atoms with Crippen molar-refractivity contribution in [3.8, 4) is 0 Å². The summed E-state index contributed by atoms with van der Waals surface area (Å²) in [6, 6.07) is 9.45. The third-order valence-corrected chi connectivity index (χ3v) is 4.21. The molecule has 0 radical (unpaired) electrons. The van der Waals surface area contributed by atoms with E-state index in [0.717, 1.165) is 10.1 Å². The van der Waals surface area contributed by atoms with Crippen molar-refractivity contribution in [3.05, 3.63) is 56.7 Å². The van der Waals surface area contributed by atoms with Crippen LogP contribution in [0.15, 0.2) is 39.9 Å². The fraction of sp³-hybridized carbons (Fsp3) is 0.250. The van der Waals surface area contributed by atoms with Crippen LogP contribution in [0.2, 0.25) is 0 Å². The summed E-state index contributed by atoms with van der Waals surface area (Å²) in [4.78, 5) is 40.6. The molecule has 136 valence electrons. The minimum atomic E-state index is -0.483. The van der Waals surface area contributed by atoms with Crippen molar-refractivity contribution < 1.29 is 4.79 Å². The van der Waals surface area contributed by atoms with Gasteiger partial charge < -0.3 is 0 Å².